The Morgan fingerprint density at radius 1 is 1.11 bits per heavy atom. The Balaban J connectivity index is 2.13. The highest BCUT2D eigenvalue weighted by atomic mass is 19.1. The summed E-state index contributed by atoms with van der Waals surface area (Å²) >= 11 is 0. The van der Waals surface area contributed by atoms with Gasteiger partial charge >= 0.3 is 0 Å². The first-order chi connectivity index (χ1) is 8.56. The Morgan fingerprint density at radius 3 is 2.39 bits per heavy atom. The van der Waals surface area contributed by atoms with Gasteiger partial charge < -0.3 is 10.2 Å². The van der Waals surface area contributed by atoms with Crippen molar-refractivity contribution in [3.8, 4) is 5.75 Å². The molecule has 0 aliphatic rings. The second-order valence-electron chi connectivity index (χ2n) is 4.39. The quantitative estimate of drug-likeness (QED) is 0.873. The number of aliphatic hydroxyl groups excluding tert-OH is 1. The number of hydrogen-bond donors (Lipinski definition) is 2. The van der Waals surface area contributed by atoms with Gasteiger partial charge in [0.2, 0.25) is 0 Å². The molecule has 94 valence electrons. The summed E-state index contributed by atoms with van der Waals surface area (Å²) in [6.07, 6.45) is -0.354. The van der Waals surface area contributed by atoms with Gasteiger partial charge in [-0.1, -0.05) is 24.3 Å². The molecule has 0 aliphatic heterocycles. The molecule has 0 aromatic heterocycles. The van der Waals surface area contributed by atoms with E-state index in [0.29, 0.717) is 17.5 Å². The fraction of sp³-hybridized carbons (Fsp3) is 0.200. The molecule has 0 spiro atoms. The Labute approximate surface area is 105 Å². The second-order valence-corrected chi connectivity index (χ2v) is 4.39. The van der Waals surface area contributed by atoms with Crippen molar-refractivity contribution in [3.05, 3.63) is 65.0 Å². The third-order valence-electron chi connectivity index (χ3n) is 2.95. The van der Waals surface area contributed by atoms with Gasteiger partial charge in [-0.2, -0.15) is 0 Å². The average Bonchev–Trinajstić information content (AvgIpc) is 2.35. The van der Waals surface area contributed by atoms with Crippen LogP contribution in [-0.2, 0) is 6.42 Å². The summed E-state index contributed by atoms with van der Waals surface area (Å²) in [7, 11) is 0. The minimum atomic E-state index is -0.746. The maximum Gasteiger partial charge on any atom is 0.126 e. The van der Waals surface area contributed by atoms with E-state index in [9.17, 15) is 9.50 Å². The van der Waals surface area contributed by atoms with E-state index in [-0.39, 0.29) is 11.6 Å². The van der Waals surface area contributed by atoms with Crippen LogP contribution in [0, 0.1) is 12.7 Å². The van der Waals surface area contributed by atoms with Gasteiger partial charge in [0.05, 0.1) is 6.10 Å². The molecular weight excluding hydrogens is 231 g/mol. The van der Waals surface area contributed by atoms with Crippen molar-refractivity contribution in [2.45, 2.75) is 19.4 Å². The van der Waals surface area contributed by atoms with Gasteiger partial charge in [0.1, 0.15) is 11.6 Å². The molecule has 2 N–H and O–H groups in total. The number of rotatable bonds is 3. The summed E-state index contributed by atoms with van der Waals surface area (Å²) in [5.74, 6) is -0.119. The highest BCUT2D eigenvalue weighted by Gasteiger charge is 2.10. The number of aliphatic hydroxyl groups is 1. The van der Waals surface area contributed by atoms with Crippen LogP contribution < -0.4 is 0 Å². The first-order valence-corrected chi connectivity index (χ1v) is 5.78. The topological polar surface area (TPSA) is 40.5 Å². The van der Waals surface area contributed by atoms with E-state index in [4.69, 9.17) is 5.11 Å². The lowest BCUT2D eigenvalue weighted by molar-refractivity contribution is 0.178. The molecule has 2 aromatic carbocycles. The van der Waals surface area contributed by atoms with Crippen molar-refractivity contribution in [1.29, 1.82) is 0 Å². The molecule has 2 rings (SSSR count). The second kappa shape index (κ2) is 5.19. The molecule has 3 heteroatoms. The minimum Gasteiger partial charge on any atom is -0.508 e. The van der Waals surface area contributed by atoms with Gasteiger partial charge in [0.15, 0.2) is 0 Å². The molecule has 0 aliphatic carbocycles. The lowest BCUT2D eigenvalue weighted by Gasteiger charge is -2.12. The number of benzene rings is 2. The van der Waals surface area contributed by atoms with Gasteiger partial charge in [-0.15, -0.1) is 0 Å². The van der Waals surface area contributed by atoms with Gasteiger partial charge in [0.25, 0.3) is 0 Å². The first kappa shape index (κ1) is 12.6. The van der Waals surface area contributed by atoms with Gasteiger partial charge in [-0.05, 0) is 41.8 Å². The summed E-state index contributed by atoms with van der Waals surface area (Å²) in [5, 5.41) is 19.2. The van der Waals surface area contributed by atoms with Gasteiger partial charge in [-0.3, -0.25) is 0 Å². The highest BCUT2D eigenvalue weighted by molar-refractivity contribution is 5.29. The van der Waals surface area contributed by atoms with Gasteiger partial charge in [0, 0.05) is 6.42 Å². The fourth-order valence-corrected chi connectivity index (χ4v) is 1.79. The summed E-state index contributed by atoms with van der Waals surface area (Å²) < 4.78 is 13.4. The van der Waals surface area contributed by atoms with E-state index >= 15 is 0 Å². The third kappa shape index (κ3) is 2.87. The highest BCUT2D eigenvalue weighted by Crippen LogP contribution is 2.21. The Kier molecular flexibility index (Phi) is 3.63. The van der Waals surface area contributed by atoms with E-state index in [1.54, 1.807) is 43.3 Å². The van der Waals surface area contributed by atoms with Crippen molar-refractivity contribution in [3.63, 3.8) is 0 Å². The van der Waals surface area contributed by atoms with Gasteiger partial charge in [-0.25, -0.2) is 4.39 Å². The number of aromatic hydroxyl groups is 1. The molecule has 0 amide bonds. The van der Waals surface area contributed by atoms with E-state index in [0.717, 1.165) is 5.56 Å². The number of aryl methyl sites for hydroxylation is 1. The molecule has 1 unspecified atom stereocenters. The number of halogens is 1. The molecule has 2 aromatic rings. The van der Waals surface area contributed by atoms with Crippen LogP contribution in [0.25, 0.3) is 0 Å². The van der Waals surface area contributed by atoms with Crippen molar-refractivity contribution in [2.75, 3.05) is 0 Å². The first-order valence-electron chi connectivity index (χ1n) is 5.78. The van der Waals surface area contributed by atoms with E-state index in [2.05, 4.69) is 0 Å². The van der Waals surface area contributed by atoms with Crippen LogP contribution in [0.2, 0.25) is 0 Å². The summed E-state index contributed by atoms with van der Waals surface area (Å²) in [4.78, 5) is 0. The number of hydrogen-bond acceptors (Lipinski definition) is 2. The van der Waals surface area contributed by atoms with Crippen LogP contribution in [0.5, 0.6) is 5.75 Å². The predicted octanol–water partition coefficient (Wildman–Crippen LogP) is 3.12. The van der Waals surface area contributed by atoms with Crippen molar-refractivity contribution in [2.24, 2.45) is 0 Å². The molecule has 0 saturated carbocycles. The SMILES string of the molecule is Cc1ccc(C(O)Cc2ccc(O)cc2)cc1F. The van der Waals surface area contributed by atoms with Crippen LogP contribution in [0.1, 0.15) is 22.8 Å². The Bertz CT molecular complexity index is 535. The predicted molar refractivity (Wildman–Crippen MR) is 67.9 cm³/mol. The zero-order chi connectivity index (χ0) is 13.1. The molecule has 18 heavy (non-hydrogen) atoms. The standard InChI is InChI=1S/C15H15FO2/c1-10-2-5-12(9-14(10)16)15(18)8-11-3-6-13(17)7-4-11/h2-7,9,15,17-18H,8H2,1H3. The summed E-state index contributed by atoms with van der Waals surface area (Å²) in [6, 6.07) is 11.4. The molecule has 2 nitrogen and oxygen atoms in total. The summed E-state index contributed by atoms with van der Waals surface area (Å²) in [5.41, 5.74) is 2.02. The smallest absolute Gasteiger partial charge is 0.126 e. The van der Waals surface area contributed by atoms with Crippen LogP contribution in [0.3, 0.4) is 0 Å². The molecule has 0 bridgehead atoms. The number of phenols is 1. The minimum absolute atomic E-state index is 0.189. The zero-order valence-electron chi connectivity index (χ0n) is 10.1. The van der Waals surface area contributed by atoms with E-state index in [1.807, 2.05) is 0 Å². The van der Waals surface area contributed by atoms with Crippen LogP contribution in [0.4, 0.5) is 4.39 Å². The van der Waals surface area contributed by atoms with E-state index in [1.165, 1.54) is 6.07 Å². The maximum atomic E-state index is 13.4. The third-order valence-corrected chi connectivity index (χ3v) is 2.95. The largest absolute Gasteiger partial charge is 0.508 e. The molecule has 0 fully saturated rings. The van der Waals surface area contributed by atoms with E-state index < -0.39 is 6.10 Å². The lowest BCUT2D eigenvalue weighted by Crippen LogP contribution is -2.02. The average molecular weight is 246 g/mol. The maximum absolute atomic E-state index is 13.4. The van der Waals surface area contributed by atoms with Crippen molar-refractivity contribution < 1.29 is 14.6 Å². The Morgan fingerprint density at radius 2 is 1.78 bits per heavy atom. The molecule has 0 heterocycles. The Hall–Kier alpha value is -1.87. The fourth-order valence-electron chi connectivity index (χ4n) is 1.79. The lowest BCUT2D eigenvalue weighted by atomic mass is 10.0. The number of phenolic OH excluding ortho intramolecular Hbond substituents is 1. The normalized spacial score (nSPS) is 12.4. The van der Waals surface area contributed by atoms with Crippen LogP contribution >= 0.6 is 0 Å². The van der Waals surface area contributed by atoms with Crippen LogP contribution in [0.15, 0.2) is 42.5 Å². The molecule has 1 atom stereocenters. The molecule has 0 saturated heterocycles. The molecule has 0 radical (unpaired) electrons. The van der Waals surface area contributed by atoms with Crippen molar-refractivity contribution in [1.82, 2.24) is 0 Å². The summed E-state index contributed by atoms with van der Waals surface area (Å²) in [6.45, 7) is 1.69. The monoisotopic (exact) mass is 246 g/mol. The van der Waals surface area contributed by atoms with Crippen LogP contribution in [-0.4, -0.2) is 10.2 Å². The van der Waals surface area contributed by atoms with Crippen molar-refractivity contribution >= 4 is 0 Å². The molecular formula is C15H15FO2. The zero-order valence-corrected chi connectivity index (χ0v) is 10.1.